The fourth-order valence-electron chi connectivity index (χ4n) is 1.98. The van der Waals surface area contributed by atoms with E-state index < -0.39 is 0 Å². The molecule has 0 aromatic carbocycles. The Bertz CT molecular complexity index is 486. The molecular formula is C13H19N3O4. The molecule has 110 valence electrons. The van der Waals surface area contributed by atoms with Gasteiger partial charge in [0.2, 0.25) is 11.8 Å². The second kappa shape index (κ2) is 6.51. The second-order valence-electron chi connectivity index (χ2n) is 4.90. The third-order valence-electron chi connectivity index (χ3n) is 3.17. The molecule has 0 spiro atoms. The van der Waals surface area contributed by atoms with E-state index in [1.165, 1.54) is 0 Å². The van der Waals surface area contributed by atoms with Gasteiger partial charge in [-0.25, -0.2) is 0 Å². The van der Waals surface area contributed by atoms with E-state index in [0.29, 0.717) is 31.2 Å². The molecule has 2 rings (SSSR count). The maximum Gasteiger partial charge on any atom is 0.229 e. The Morgan fingerprint density at radius 2 is 2.20 bits per heavy atom. The van der Waals surface area contributed by atoms with Crippen LogP contribution in [0.15, 0.2) is 10.6 Å². The van der Waals surface area contributed by atoms with Gasteiger partial charge in [0.25, 0.3) is 0 Å². The van der Waals surface area contributed by atoms with Crippen molar-refractivity contribution in [3.63, 3.8) is 0 Å². The molecule has 2 unspecified atom stereocenters. The van der Waals surface area contributed by atoms with Crippen molar-refractivity contribution in [1.82, 2.24) is 10.5 Å². The van der Waals surface area contributed by atoms with E-state index in [9.17, 15) is 9.59 Å². The summed E-state index contributed by atoms with van der Waals surface area (Å²) in [5.41, 5.74) is 0. The predicted octanol–water partition coefficient (Wildman–Crippen LogP) is 0.710. The van der Waals surface area contributed by atoms with E-state index in [-0.39, 0.29) is 23.7 Å². The van der Waals surface area contributed by atoms with Crippen molar-refractivity contribution in [3.05, 3.63) is 11.8 Å². The molecule has 1 aliphatic carbocycles. The smallest absolute Gasteiger partial charge is 0.229 e. The molecular weight excluding hydrogens is 262 g/mol. The van der Waals surface area contributed by atoms with Crippen molar-refractivity contribution in [2.45, 2.75) is 19.8 Å². The van der Waals surface area contributed by atoms with Crippen LogP contribution in [0.2, 0.25) is 0 Å². The number of anilines is 1. The molecule has 0 aliphatic heterocycles. The summed E-state index contributed by atoms with van der Waals surface area (Å²) in [6.07, 6.45) is 1.35. The molecule has 1 heterocycles. The zero-order valence-corrected chi connectivity index (χ0v) is 11.6. The molecule has 1 aromatic rings. The fourth-order valence-corrected chi connectivity index (χ4v) is 1.98. The molecule has 20 heavy (non-hydrogen) atoms. The number of aryl methyl sites for hydroxylation is 1. The van der Waals surface area contributed by atoms with Gasteiger partial charge in [-0.15, -0.1) is 0 Å². The first kappa shape index (κ1) is 14.5. The van der Waals surface area contributed by atoms with Crippen LogP contribution in [0.3, 0.4) is 0 Å². The monoisotopic (exact) mass is 281 g/mol. The third kappa shape index (κ3) is 3.80. The van der Waals surface area contributed by atoms with Gasteiger partial charge in [0, 0.05) is 26.3 Å². The summed E-state index contributed by atoms with van der Waals surface area (Å²) in [6, 6.07) is 1.64. The van der Waals surface area contributed by atoms with E-state index >= 15 is 0 Å². The SMILES string of the molecule is COCCCNC(=O)C1CC1C(=O)Nc1cc(C)on1. The quantitative estimate of drug-likeness (QED) is 0.718. The Kier molecular flexibility index (Phi) is 4.73. The van der Waals surface area contributed by atoms with Crippen LogP contribution >= 0.6 is 0 Å². The number of nitrogens with one attached hydrogen (secondary N) is 2. The van der Waals surface area contributed by atoms with Crippen LogP contribution in [0.5, 0.6) is 0 Å². The highest BCUT2D eigenvalue weighted by atomic mass is 16.5. The van der Waals surface area contributed by atoms with Crippen LogP contribution in [-0.2, 0) is 14.3 Å². The van der Waals surface area contributed by atoms with Crippen molar-refractivity contribution in [2.75, 3.05) is 25.6 Å². The maximum absolute atomic E-state index is 11.9. The molecule has 7 heteroatoms. The molecule has 7 nitrogen and oxygen atoms in total. The van der Waals surface area contributed by atoms with E-state index in [4.69, 9.17) is 9.26 Å². The summed E-state index contributed by atoms with van der Waals surface area (Å²) < 4.78 is 9.76. The first-order valence-corrected chi connectivity index (χ1v) is 6.62. The van der Waals surface area contributed by atoms with Gasteiger partial charge in [0.1, 0.15) is 5.76 Å². The van der Waals surface area contributed by atoms with E-state index in [1.54, 1.807) is 20.1 Å². The zero-order chi connectivity index (χ0) is 14.5. The first-order valence-electron chi connectivity index (χ1n) is 6.62. The standard InChI is InChI=1S/C13H19N3O4/c1-8-6-11(16-20-8)15-13(18)10-7-9(10)12(17)14-4-3-5-19-2/h6,9-10H,3-5,7H2,1-2H3,(H,14,17)(H,15,16,18). The zero-order valence-electron chi connectivity index (χ0n) is 11.6. The number of nitrogens with zero attached hydrogens (tertiary/aromatic N) is 1. The lowest BCUT2D eigenvalue weighted by Gasteiger charge is -2.04. The minimum atomic E-state index is -0.269. The summed E-state index contributed by atoms with van der Waals surface area (Å²) in [5, 5.41) is 9.13. The van der Waals surface area contributed by atoms with Crippen LogP contribution in [0.4, 0.5) is 5.82 Å². The molecule has 1 aliphatic rings. The number of amides is 2. The molecule has 1 saturated carbocycles. The van der Waals surface area contributed by atoms with Gasteiger partial charge in [-0.05, 0) is 19.8 Å². The fraction of sp³-hybridized carbons (Fsp3) is 0.615. The number of hydrogen-bond donors (Lipinski definition) is 2. The molecule has 1 fully saturated rings. The number of carbonyl (C=O) groups is 2. The Hall–Kier alpha value is -1.89. The number of methoxy groups -OCH3 is 1. The molecule has 0 radical (unpaired) electrons. The number of carbonyl (C=O) groups excluding carboxylic acids is 2. The highest BCUT2D eigenvalue weighted by molar-refractivity contribution is 5.98. The van der Waals surface area contributed by atoms with Gasteiger partial charge in [0.15, 0.2) is 5.82 Å². The first-order chi connectivity index (χ1) is 9.61. The lowest BCUT2D eigenvalue weighted by molar-refractivity contribution is -0.125. The van der Waals surface area contributed by atoms with Crippen molar-refractivity contribution in [2.24, 2.45) is 11.8 Å². The van der Waals surface area contributed by atoms with Crippen molar-refractivity contribution < 1.29 is 18.8 Å². The van der Waals surface area contributed by atoms with Crippen LogP contribution < -0.4 is 10.6 Å². The second-order valence-corrected chi connectivity index (χ2v) is 4.90. The van der Waals surface area contributed by atoms with Gasteiger partial charge in [-0.1, -0.05) is 5.16 Å². The molecule has 2 N–H and O–H groups in total. The normalized spacial score (nSPS) is 20.5. The Morgan fingerprint density at radius 1 is 1.45 bits per heavy atom. The van der Waals surface area contributed by atoms with E-state index in [1.807, 2.05) is 0 Å². The Morgan fingerprint density at radius 3 is 2.85 bits per heavy atom. The highest BCUT2D eigenvalue weighted by Crippen LogP contribution is 2.39. The number of aromatic nitrogens is 1. The number of rotatable bonds is 7. The minimum Gasteiger partial charge on any atom is -0.385 e. The Labute approximate surface area is 117 Å². The van der Waals surface area contributed by atoms with Gasteiger partial charge >= 0.3 is 0 Å². The van der Waals surface area contributed by atoms with Crippen LogP contribution in [0.25, 0.3) is 0 Å². The highest BCUT2D eigenvalue weighted by Gasteiger charge is 2.48. The van der Waals surface area contributed by atoms with Crippen LogP contribution in [-0.4, -0.2) is 37.2 Å². The topological polar surface area (TPSA) is 93.5 Å². The number of hydrogen-bond acceptors (Lipinski definition) is 5. The molecule has 2 atom stereocenters. The largest absolute Gasteiger partial charge is 0.385 e. The average Bonchev–Trinajstić information content (AvgIpc) is 3.13. The van der Waals surface area contributed by atoms with Crippen molar-refractivity contribution in [1.29, 1.82) is 0 Å². The molecule has 0 bridgehead atoms. The van der Waals surface area contributed by atoms with Gasteiger partial charge in [-0.2, -0.15) is 0 Å². The predicted molar refractivity (Wildman–Crippen MR) is 71.0 cm³/mol. The van der Waals surface area contributed by atoms with Gasteiger partial charge in [0.05, 0.1) is 11.8 Å². The lowest BCUT2D eigenvalue weighted by atomic mass is 10.2. The summed E-state index contributed by atoms with van der Waals surface area (Å²) in [7, 11) is 1.62. The number of ether oxygens (including phenoxy) is 1. The summed E-state index contributed by atoms with van der Waals surface area (Å²) >= 11 is 0. The van der Waals surface area contributed by atoms with Crippen molar-refractivity contribution >= 4 is 17.6 Å². The Balaban J connectivity index is 1.71. The van der Waals surface area contributed by atoms with Gasteiger partial charge < -0.3 is 19.9 Å². The average molecular weight is 281 g/mol. The summed E-state index contributed by atoms with van der Waals surface area (Å²) in [6.45, 7) is 2.93. The minimum absolute atomic E-state index is 0.0717. The van der Waals surface area contributed by atoms with E-state index in [2.05, 4.69) is 15.8 Å². The maximum atomic E-state index is 11.9. The molecule has 0 saturated heterocycles. The van der Waals surface area contributed by atoms with Crippen LogP contribution in [0, 0.1) is 18.8 Å². The van der Waals surface area contributed by atoms with Gasteiger partial charge in [-0.3, -0.25) is 9.59 Å². The summed E-state index contributed by atoms with van der Waals surface area (Å²) in [4.78, 5) is 23.7. The molecule has 1 aromatic heterocycles. The van der Waals surface area contributed by atoms with E-state index in [0.717, 1.165) is 6.42 Å². The lowest BCUT2D eigenvalue weighted by Crippen LogP contribution is -2.28. The third-order valence-corrected chi connectivity index (χ3v) is 3.17. The summed E-state index contributed by atoms with van der Waals surface area (Å²) in [5.74, 6) is 0.259. The van der Waals surface area contributed by atoms with Crippen LogP contribution in [0.1, 0.15) is 18.6 Å². The molecule has 2 amide bonds. The van der Waals surface area contributed by atoms with Crippen molar-refractivity contribution in [3.8, 4) is 0 Å².